The average Bonchev–Trinajstić information content (AvgIpc) is 2.77. The standard InChI is InChI=1S/C12H10N4/c1-2-4-9(5-3-1)6-11-13-7-10-12(16-11)15-8-14-10/h1-5,7-8H,6H2,(H,13,14,15,16)/p+1. The summed E-state index contributed by atoms with van der Waals surface area (Å²) in [5.74, 6) is 0.828. The summed E-state index contributed by atoms with van der Waals surface area (Å²) in [5, 5.41) is 0. The number of H-pyrrole nitrogens is 2. The van der Waals surface area contributed by atoms with E-state index in [9.17, 15) is 0 Å². The van der Waals surface area contributed by atoms with E-state index in [1.54, 1.807) is 12.5 Å². The van der Waals surface area contributed by atoms with E-state index in [-0.39, 0.29) is 0 Å². The molecule has 0 aliphatic rings. The maximum Gasteiger partial charge on any atom is 0.302 e. The van der Waals surface area contributed by atoms with Gasteiger partial charge in [-0.05, 0) is 5.56 Å². The van der Waals surface area contributed by atoms with Gasteiger partial charge >= 0.3 is 5.65 Å². The van der Waals surface area contributed by atoms with Crippen molar-refractivity contribution in [2.24, 2.45) is 0 Å². The van der Waals surface area contributed by atoms with Crippen LogP contribution in [0.25, 0.3) is 11.2 Å². The number of nitrogens with one attached hydrogen (secondary N) is 2. The fourth-order valence-electron chi connectivity index (χ4n) is 1.68. The Labute approximate surface area is 92.4 Å². The van der Waals surface area contributed by atoms with E-state index >= 15 is 0 Å². The zero-order chi connectivity index (χ0) is 10.8. The SMILES string of the molecule is c1ccc(Cc2ncc3[nH]c[nH+]c3n2)cc1. The minimum atomic E-state index is 0.760. The van der Waals surface area contributed by atoms with Crippen LogP contribution in [0.5, 0.6) is 0 Å². The quantitative estimate of drug-likeness (QED) is 0.695. The summed E-state index contributed by atoms with van der Waals surface area (Å²) in [5.41, 5.74) is 3.00. The molecule has 0 amide bonds. The van der Waals surface area contributed by atoms with Gasteiger partial charge in [0.2, 0.25) is 5.82 Å². The smallest absolute Gasteiger partial charge is 0.273 e. The number of fused-ring (bicyclic) bond motifs is 1. The van der Waals surface area contributed by atoms with Crippen molar-refractivity contribution < 1.29 is 4.98 Å². The van der Waals surface area contributed by atoms with Gasteiger partial charge in [0.25, 0.3) is 0 Å². The average molecular weight is 211 g/mol. The predicted molar refractivity (Wildman–Crippen MR) is 59.7 cm³/mol. The molecular weight excluding hydrogens is 200 g/mol. The number of benzene rings is 1. The highest BCUT2D eigenvalue weighted by atomic mass is 15.0. The van der Waals surface area contributed by atoms with Crippen LogP contribution in [0.15, 0.2) is 42.9 Å². The number of hydrogen-bond acceptors (Lipinski definition) is 2. The maximum atomic E-state index is 4.43. The third-order valence-electron chi connectivity index (χ3n) is 2.48. The first-order valence-corrected chi connectivity index (χ1v) is 5.16. The highest BCUT2D eigenvalue weighted by molar-refractivity contribution is 5.64. The maximum absolute atomic E-state index is 4.43. The zero-order valence-electron chi connectivity index (χ0n) is 8.64. The van der Waals surface area contributed by atoms with Crippen LogP contribution >= 0.6 is 0 Å². The molecule has 2 N–H and O–H groups in total. The highest BCUT2D eigenvalue weighted by Crippen LogP contribution is 2.07. The van der Waals surface area contributed by atoms with Gasteiger partial charge in [-0.1, -0.05) is 35.3 Å². The van der Waals surface area contributed by atoms with E-state index in [0.29, 0.717) is 0 Å². The summed E-state index contributed by atoms with van der Waals surface area (Å²) in [7, 11) is 0. The van der Waals surface area contributed by atoms with Crippen LogP contribution in [0.4, 0.5) is 0 Å². The molecule has 0 aliphatic heterocycles. The molecule has 16 heavy (non-hydrogen) atoms. The molecule has 3 rings (SSSR count). The highest BCUT2D eigenvalue weighted by Gasteiger charge is 2.08. The number of nitrogens with zero attached hydrogens (tertiary/aromatic N) is 2. The van der Waals surface area contributed by atoms with Gasteiger partial charge in [0, 0.05) is 6.42 Å². The molecule has 0 atom stereocenters. The molecular formula is C12H11N4+. The molecule has 0 unspecified atom stereocenters. The van der Waals surface area contributed by atoms with Crippen LogP contribution in [0.1, 0.15) is 11.4 Å². The fourth-order valence-corrected chi connectivity index (χ4v) is 1.68. The Morgan fingerprint density at radius 2 is 2.06 bits per heavy atom. The monoisotopic (exact) mass is 211 g/mol. The molecule has 1 aromatic carbocycles. The van der Waals surface area contributed by atoms with E-state index in [4.69, 9.17) is 0 Å². The second-order valence-corrected chi connectivity index (χ2v) is 3.64. The number of imidazole rings is 1. The van der Waals surface area contributed by atoms with Crippen molar-refractivity contribution in [2.45, 2.75) is 6.42 Å². The summed E-state index contributed by atoms with van der Waals surface area (Å²) in [6.07, 6.45) is 4.32. The lowest BCUT2D eigenvalue weighted by Gasteiger charge is -1.95. The van der Waals surface area contributed by atoms with Crippen molar-refractivity contribution in [3.8, 4) is 0 Å². The summed E-state index contributed by atoms with van der Waals surface area (Å²) in [6, 6.07) is 10.2. The lowest BCUT2D eigenvalue weighted by molar-refractivity contribution is -0.347. The minimum Gasteiger partial charge on any atom is -0.273 e. The third kappa shape index (κ3) is 1.65. The second-order valence-electron chi connectivity index (χ2n) is 3.64. The molecule has 4 heteroatoms. The Hall–Kier alpha value is -2.23. The van der Waals surface area contributed by atoms with Crippen LogP contribution in [0.3, 0.4) is 0 Å². The number of hydrogen-bond donors (Lipinski definition) is 1. The molecule has 0 bridgehead atoms. The van der Waals surface area contributed by atoms with Crippen molar-refractivity contribution in [1.82, 2.24) is 15.0 Å². The first-order valence-electron chi connectivity index (χ1n) is 5.16. The Bertz CT molecular complexity index is 600. The molecule has 2 heterocycles. The van der Waals surface area contributed by atoms with Crippen LogP contribution in [0.2, 0.25) is 0 Å². The summed E-state index contributed by atoms with van der Waals surface area (Å²) < 4.78 is 0. The molecule has 0 saturated carbocycles. The molecule has 0 radical (unpaired) electrons. The van der Waals surface area contributed by atoms with Crippen molar-refractivity contribution in [3.63, 3.8) is 0 Å². The topological polar surface area (TPSA) is 55.7 Å². The Morgan fingerprint density at radius 1 is 1.19 bits per heavy atom. The van der Waals surface area contributed by atoms with Gasteiger partial charge in [0.05, 0.1) is 6.20 Å². The van der Waals surface area contributed by atoms with Gasteiger partial charge in [-0.3, -0.25) is 4.98 Å². The fraction of sp³-hybridized carbons (Fsp3) is 0.0833. The zero-order valence-corrected chi connectivity index (χ0v) is 8.64. The van der Waals surface area contributed by atoms with Crippen molar-refractivity contribution >= 4 is 11.2 Å². The van der Waals surface area contributed by atoms with E-state index < -0.39 is 0 Å². The van der Waals surface area contributed by atoms with E-state index in [1.807, 2.05) is 18.2 Å². The van der Waals surface area contributed by atoms with Crippen molar-refractivity contribution in [3.05, 3.63) is 54.2 Å². The lowest BCUT2D eigenvalue weighted by Crippen LogP contribution is -2.02. The number of aromatic nitrogens is 4. The Morgan fingerprint density at radius 3 is 2.94 bits per heavy atom. The lowest BCUT2D eigenvalue weighted by atomic mass is 10.1. The van der Waals surface area contributed by atoms with Crippen LogP contribution in [0, 0.1) is 0 Å². The third-order valence-corrected chi connectivity index (χ3v) is 2.48. The molecule has 3 aromatic rings. The molecule has 0 saturated heterocycles. The molecule has 2 aromatic heterocycles. The van der Waals surface area contributed by atoms with E-state index in [0.717, 1.165) is 23.4 Å². The molecule has 0 spiro atoms. The van der Waals surface area contributed by atoms with Crippen LogP contribution < -0.4 is 4.98 Å². The number of rotatable bonds is 2. The van der Waals surface area contributed by atoms with Crippen LogP contribution in [-0.2, 0) is 6.42 Å². The summed E-state index contributed by atoms with van der Waals surface area (Å²) in [6.45, 7) is 0. The largest absolute Gasteiger partial charge is 0.302 e. The van der Waals surface area contributed by atoms with Gasteiger partial charge < -0.3 is 0 Å². The Kier molecular flexibility index (Phi) is 2.11. The first-order chi connectivity index (χ1) is 7.92. The van der Waals surface area contributed by atoms with Gasteiger partial charge in [0.1, 0.15) is 0 Å². The van der Waals surface area contributed by atoms with Gasteiger partial charge in [0.15, 0.2) is 11.8 Å². The van der Waals surface area contributed by atoms with Crippen LogP contribution in [-0.4, -0.2) is 15.0 Å². The number of aromatic amines is 2. The van der Waals surface area contributed by atoms with E-state index in [2.05, 4.69) is 32.1 Å². The molecule has 0 fully saturated rings. The molecule has 4 nitrogen and oxygen atoms in total. The van der Waals surface area contributed by atoms with Crippen molar-refractivity contribution in [1.29, 1.82) is 0 Å². The van der Waals surface area contributed by atoms with Crippen molar-refractivity contribution in [2.75, 3.05) is 0 Å². The molecule has 0 aliphatic carbocycles. The molecule has 78 valence electrons. The summed E-state index contributed by atoms with van der Waals surface area (Å²) >= 11 is 0. The van der Waals surface area contributed by atoms with Gasteiger partial charge in [-0.2, -0.15) is 0 Å². The van der Waals surface area contributed by atoms with E-state index in [1.165, 1.54) is 5.56 Å². The Balaban J connectivity index is 1.94. The summed E-state index contributed by atoms with van der Waals surface area (Å²) in [4.78, 5) is 14.8. The van der Waals surface area contributed by atoms with Gasteiger partial charge in [-0.25, -0.2) is 9.97 Å². The van der Waals surface area contributed by atoms with Gasteiger partial charge in [-0.15, -0.1) is 0 Å². The predicted octanol–water partition coefficient (Wildman–Crippen LogP) is 1.36. The minimum absolute atomic E-state index is 0.760. The normalized spacial score (nSPS) is 10.8. The first kappa shape index (κ1) is 9.03. The second kappa shape index (κ2) is 3.73.